The largest absolute Gasteiger partial charge is 3.00 e. The van der Waals surface area contributed by atoms with Crippen LogP contribution in [-0.2, 0) is 17.4 Å². The standard InChI is InChI=1S/C4H10N3.Cr.2H2O2/c5-1-3-7-4-2-6;;2*1-2/h5-6H,1-4H2;;2*1-2H/q-3;+3;;. The van der Waals surface area contributed by atoms with Gasteiger partial charge in [0, 0.05) is 0 Å². The van der Waals surface area contributed by atoms with Crippen LogP contribution in [0.1, 0.15) is 0 Å². The van der Waals surface area contributed by atoms with Gasteiger partial charge in [0.2, 0.25) is 0 Å². The molecule has 0 aliphatic heterocycles. The van der Waals surface area contributed by atoms with Crippen LogP contribution in [0.15, 0.2) is 0 Å². The van der Waals surface area contributed by atoms with E-state index in [-0.39, 0.29) is 17.4 Å². The molecule has 0 saturated carbocycles. The van der Waals surface area contributed by atoms with Crippen molar-refractivity contribution in [3.05, 3.63) is 16.8 Å². The fourth-order valence-electron chi connectivity index (χ4n) is 0.270. The van der Waals surface area contributed by atoms with Crippen LogP contribution in [0.5, 0.6) is 0 Å². The second-order valence-electron chi connectivity index (χ2n) is 1.17. The first-order valence-corrected chi connectivity index (χ1v) is 2.74. The summed E-state index contributed by atoms with van der Waals surface area (Å²) >= 11 is 0. The van der Waals surface area contributed by atoms with Gasteiger partial charge in [-0.25, -0.2) is 0 Å². The maximum Gasteiger partial charge on any atom is 3.00 e. The second kappa shape index (κ2) is 42.9. The SMILES string of the molecule is OO.OO.[Cr+3].[NH-]CC[N-]CC[NH-]. The van der Waals surface area contributed by atoms with E-state index in [1.807, 2.05) is 0 Å². The van der Waals surface area contributed by atoms with Crippen molar-refractivity contribution in [2.45, 2.75) is 0 Å². The van der Waals surface area contributed by atoms with E-state index in [2.05, 4.69) is 5.32 Å². The Labute approximate surface area is 82.0 Å². The molecule has 0 fully saturated rings. The van der Waals surface area contributed by atoms with Gasteiger partial charge >= 0.3 is 17.4 Å². The summed E-state index contributed by atoms with van der Waals surface area (Å²) in [5, 5.41) is 27.8. The minimum atomic E-state index is 0. The van der Waals surface area contributed by atoms with E-state index in [1.54, 1.807) is 0 Å². The summed E-state index contributed by atoms with van der Waals surface area (Å²) < 4.78 is 0. The van der Waals surface area contributed by atoms with Gasteiger partial charge in [0.15, 0.2) is 0 Å². The van der Waals surface area contributed by atoms with Gasteiger partial charge in [-0.3, -0.25) is 21.0 Å². The fourth-order valence-corrected chi connectivity index (χ4v) is 0.270. The van der Waals surface area contributed by atoms with Crippen molar-refractivity contribution in [3.63, 3.8) is 0 Å². The Morgan fingerprint density at radius 2 is 1.08 bits per heavy atom. The Bertz CT molecular complexity index is 41.5. The van der Waals surface area contributed by atoms with Crippen LogP contribution in [0.4, 0.5) is 0 Å². The van der Waals surface area contributed by atoms with Crippen LogP contribution < -0.4 is 0 Å². The maximum atomic E-state index is 6.63. The number of rotatable bonds is 4. The smallest absolute Gasteiger partial charge is 0.679 e. The van der Waals surface area contributed by atoms with E-state index in [1.165, 1.54) is 0 Å². The van der Waals surface area contributed by atoms with Crippen LogP contribution in [0.2, 0.25) is 0 Å². The first kappa shape index (κ1) is 22.8. The molecule has 0 amide bonds. The van der Waals surface area contributed by atoms with Crippen molar-refractivity contribution >= 4 is 0 Å². The number of hydrogen-bond acceptors (Lipinski definition) is 4. The minimum absolute atomic E-state index is 0. The van der Waals surface area contributed by atoms with E-state index in [0.717, 1.165) is 0 Å². The van der Waals surface area contributed by atoms with Crippen LogP contribution in [0.25, 0.3) is 16.8 Å². The maximum absolute atomic E-state index is 6.63. The van der Waals surface area contributed by atoms with Gasteiger partial charge < -0.3 is 16.8 Å². The summed E-state index contributed by atoms with van der Waals surface area (Å²) in [6, 6.07) is 0. The van der Waals surface area contributed by atoms with E-state index >= 15 is 0 Å². The molecule has 1 radical (unpaired) electrons. The van der Waals surface area contributed by atoms with Gasteiger partial charge in [0.1, 0.15) is 0 Å². The molecule has 0 aromatic heterocycles. The zero-order valence-electron chi connectivity index (χ0n) is 6.47. The van der Waals surface area contributed by atoms with E-state index in [9.17, 15) is 0 Å². The van der Waals surface area contributed by atoms with Crippen molar-refractivity contribution in [1.29, 1.82) is 0 Å². The Morgan fingerprint density at radius 1 is 0.833 bits per heavy atom. The molecule has 7 nitrogen and oxygen atoms in total. The van der Waals surface area contributed by atoms with Crippen LogP contribution in [0.3, 0.4) is 0 Å². The molecule has 0 saturated heterocycles. The van der Waals surface area contributed by atoms with Gasteiger partial charge in [0.25, 0.3) is 0 Å². The Morgan fingerprint density at radius 3 is 1.25 bits per heavy atom. The normalized spacial score (nSPS) is 6.50. The summed E-state index contributed by atoms with van der Waals surface area (Å²) in [7, 11) is 0. The molecule has 6 N–H and O–H groups in total. The van der Waals surface area contributed by atoms with Gasteiger partial charge in [-0.15, -0.1) is 0 Å². The Kier molecular flexibility index (Phi) is 81.4. The Hall–Kier alpha value is 0.252. The molecule has 0 aliphatic rings. The van der Waals surface area contributed by atoms with Crippen molar-refractivity contribution in [2.24, 2.45) is 0 Å². The third-order valence-electron chi connectivity index (χ3n) is 0.540. The summed E-state index contributed by atoms with van der Waals surface area (Å²) in [6.07, 6.45) is 0. The number of hydrogen-bond donors (Lipinski definition) is 4. The van der Waals surface area contributed by atoms with Gasteiger partial charge in [-0.1, -0.05) is 0 Å². The molecule has 75 valence electrons. The topological polar surface area (TPSA) is 143 Å². The Balaban J connectivity index is -0.0000000560. The molecule has 0 heterocycles. The average molecular weight is 220 g/mol. The van der Waals surface area contributed by atoms with Gasteiger partial charge in [-0.2, -0.15) is 26.2 Å². The zero-order chi connectivity index (χ0) is 9.54. The van der Waals surface area contributed by atoms with Crippen molar-refractivity contribution in [3.8, 4) is 0 Å². The van der Waals surface area contributed by atoms with Gasteiger partial charge in [0.05, 0.1) is 0 Å². The van der Waals surface area contributed by atoms with Crippen molar-refractivity contribution in [2.75, 3.05) is 26.2 Å². The number of nitrogens with zero attached hydrogens (tertiary/aromatic N) is 1. The number of nitrogens with one attached hydrogen (secondary N) is 2. The molecule has 0 aliphatic carbocycles. The van der Waals surface area contributed by atoms with Crippen molar-refractivity contribution < 1.29 is 38.4 Å². The predicted molar refractivity (Wildman–Crippen MR) is 42.0 cm³/mol. The molecule has 0 atom stereocenters. The molecule has 0 aromatic carbocycles. The molecule has 8 heteroatoms. The quantitative estimate of drug-likeness (QED) is 0.323. The summed E-state index contributed by atoms with van der Waals surface area (Å²) in [6.45, 7) is 1.91. The third kappa shape index (κ3) is 48.5. The molecule has 0 aromatic rings. The summed E-state index contributed by atoms with van der Waals surface area (Å²) in [4.78, 5) is 0. The average Bonchev–Trinajstić information content (AvgIpc) is 2.13. The second-order valence-corrected chi connectivity index (χ2v) is 1.17. The molecule has 0 rings (SSSR count). The van der Waals surface area contributed by atoms with Crippen LogP contribution >= 0.6 is 0 Å². The first-order chi connectivity index (χ1) is 5.41. The first-order valence-electron chi connectivity index (χ1n) is 2.74. The zero-order valence-corrected chi connectivity index (χ0v) is 7.75. The molecular weight excluding hydrogens is 206 g/mol. The third-order valence-corrected chi connectivity index (χ3v) is 0.540. The predicted octanol–water partition coefficient (Wildman–Crippen LogP) is 1.50. The molecule has 0 spiro atoms. The van der Waals surface area contributed by atoms with E-state index in [0.29, 0.717) is 26.2 Å². The molecule has 12 heavy (non-hydrogen) atoms. The molecule has 0 unspecified atom stereocenters. The summed E-state index contributed by atoms with van der Waals surface area (Å²) in [5.74, 6) is 0. The molecule has 0 bridgehead atoms. The fraction of sp³-hybridized carbons (Fsp3) is 1.00. The van der Waals surface area contributed by atoms with E-state index in [4.69, 9.17) is 32.5 Å². The van der Waals surface area contributed by atoms with Crippen molar-refractivity contribution in [1.82, 2.24) is 0 Å². The van der Waals surface area contributed by atoms with Gasteiger partial charge in [-0.05, 0) is 0 Å². The van der Waals surface area contributed by atoms with E-state index < -0.39 is 0 Å². The van der Waals surface area contributed by atoms with Crippen LogP contribution in [0, 0.1) is 0 Å². The summed E-state index contributed by atoms with van der Waals surface area (Å²) in [5.41, 5.74) is 13.3. The van der Waals surface area contributed by atoms with Crippen LogP contribution in [-0.4, -0.2) is 47.2 Å². The minimum Gasteiger partial charge on any atom is -0.679 e. The monoisotopic (exact) mass is 220 g/mol. The molecular formula is C4H14CrN3O4.